The van der Waals surface area contributed by atoms with Crippen LogP contribution in [0.1, 0.15) is 26.3 Å². The fourth-order valence-corrected chi connectivity index (χ4v) is 1.82. The first kappa shape index (κ1) is 21.0. The molecular formula is C16H23N3O7. The molecule has 0 aliphatic carbocycles. The van der Waals surface area contributed by atoms with Gasteiger partial charge in [0, 0.05) is 6.42 Å². The lowest BCUT2D eigenvalue weighted by molar-refractivity contribution is -0.711. The molecule has 0 fully saturated rings. The van der Waals surface area contributed by atoms with Crippen LogP contribution in [0.3, 0.4) is 0 Å². The number of rotatable bonds is 8. The van der Waals surface area contributed by atoms with Gasteiger partial charge in [0.15, 0.2) is 6.04 Å². The number of aliphatic carboxylic acids is 1. The Balaban J connectivity index is 2.57. The molecule has 0 aromatic heterocycles. The zero-order valence-corrected chi connectivity index (χ0v) is 15.1. The fraction of sp³-hybridized carbons (Fsp3) is 0.500. The second-order valence-electron chi connectivity index (χ2n) is 6.31. The van der Waals surface area contributed by atoms with Crippen molar-refractivity contribution in [1.82, 2.24) is 5.01 Å². The second kappa shape index (κ2) is 9.44. The number of carbonyl (C=O) groups excluding carboxylic acids is 1. The minimum absolute atomic E-state index is 0.0276. The summed E-state index contributed by atoms with van der Waals surface area (Å²) in [7, 11) is 1.26. The zero-order valence-electron chi connectivity index (χ0n) is 15.1. The Morgan fingerprint density at radius 1 is 1.31 bits per heavy atom. The van der Waals surface area contributed by atoms with Gasteiger partial charge in [-0.2, -0.15) is 0 Å². The molecule has 0 heterocycles. The van der Waals surface area contributed by atoms with E-state index in [2.05, 4.69) is 14.9 Å². The summed E-state index contributed by atoms with van der Waals surface area (Å²) in [5.74, 6) is -1.20. The number of carboxylic acids is 1. The lowest BCUT2D eigenvalue weighted by Gasteiger charge is -2.20. The Hall–Kier alpha value is -3.04. The highest BCUT2D eigenvalue weighted by Crippen LogP contribution is 2.10. The number of hydrazine groups is 1. The molecule has 1 aromatic carbocycles. The highest BCUT2D eigenvalue weighted by Gasteiger charge is 2.29. The summed E-state index contributed by atoms with van der Waals surface area (Å²) in [5.41, 5.74) is 0.0138. The van der Waals surface area contributed by atoms with Crippen LogP contribution in [0.15, 0.2) is 35.6 Å². The molecule has 26 heavy (non-hydrogen) atoms. The molecule has 0 radical (unpaired) electrons. The van der Waals surface area contributed by atoms with Crippen molar-refractivity contribution in [1.29, 1.82) is 0 Å². The van der Waals surface area contributed by atoms with Crippen LogP contribution in [0.5, 0.6) is 0 Å². The van der Waals surface area contributed by atoms with Crippen LogP contribution >= 0.6 is 0 Å². The van der Waals surface area contributed by atoms with Crippen molar-refractivity contribution in [2.24, 2.45) is 5.28 Å². The van der Waals surface area contributed by atoms with E-state index in [1.54, 1.807) is 51.1 Å². The van der Waals surface area contributed by atoms with E-state index >= 15 is 0 Å². The summed E-state index contributed by atoms with van der Waals surface area (Å²) in [5, 5.41) is 25.2. The van der Waals surface area contributed by atoms with Gasteiger partial charge >= 0.3 is 12.1 Å². The number of carboxylic acid groups (broad SMARTS) is 1. The van der Waals surface area contributed by atoms with Crippen LogP contribution < -0.4 is 0 Å². The maximum atomic E-state index is 11.9. The maximum absolute atomic E-state index is 11.9. The van der Waals surface area contributed by atoms with Gasteiger partial charge in [0.1, 0.15) is 5.60 Å². The molecule has 1 aromatic rings. The van der Waals surface area contributed by atoms with Crippen LogP contribution in [0.25, 0.3) is 0 Å². The van der Waals surface area contributed by atoms with Gasteiger partial charge in [-0.1, -0.05) is 30.3 Å². The SMILES string of the molecule is CN([C@@H](Cc1ccccc1)C(=O)O)/[N+]([O-])=N/OCOC(=O)OC(C)(C)C. The Labute approximate surface area is 151 Å². The van der Waals surface area contributed by atoms with E-state index in [1.165, 1.54) is 7.05 Å². The predicted octanol–water partition coefficient (Wildman–Crippen LogP) is 2.33. The van der Waals surface area contributed by atoms with Gasteiger partial charge in [0.2, 0.25) is 5.28 Å². The average Bonchev–Trinajstić information content (AvgIpc) is 2.55. The molecule has 0 aliphatic heterocycles. The van der Waals surface area contributed by atoms with Crippen molar-refractivity contribution in [3.05, 3.63) is 41.1 Å². The van der Waals surface area contributed by atoms with E-state index in [1.807, 2.05) is 0 Å². The van der Waals surface area contributed by atoms with Crippen LogP contribution in [0, 0.1) is 5.21 Å². The van der Waals surface area contributed by atoms with E-state index in [-0.39, 0.29) is 11.4 Å². The van der Waals surface area contributed by atoms with Gasteiger partial charge in [0.25, 0.3) is 6.79 Å². The predicted molar refractivity (Wildman–Crippen MR) is 88.7 cm³/mol. The largest absolute Gasteiger partial charge is 0.569 e. The highest BCUT2D eigenvalue weighted by atomic mass is 16.8. The first-order valence-electron chi connectivity index (χ1n) is 7.75. The Morgan fingerprint density at radius 2 is 1.92 bits per heavy atom. The Morgan fingerprint density at radius 3 is 2.46 bits per heavy atom. The Bertz CT molecular complexity index is 628. The standard InChI is InChI=1S/C16H23N3O7/c1-16(2,3)26-15(22)24-11-25-17-19(23)18(4)13(14(20)21)10-12-8-6-5-7-9-12/h5-9,13H,10-11H2,1-4H3,(H,20,21)/b19-17-/t13-/m0/s1. The number of nitrogens with zero attached hydrogens (tertiary/aromatic N) is 3. The van der Waals surface area contributed by atoms with Crippen LogP contribution in [0.2, 0.25) is 0 Å². The topological polar surface area (TPSA) is 124 Å². The summed E-state index contributed by atoms with van der Waals surface area (Å²) in [6.45, 7) is 4.32. The van der Waals surface area contributed by atoms with E-state index in [4.69, 9.17) is 4.74 Å². The molecule has 0 saturated heterocycles. The number of hydrogen-bond acceptors (Lipinski definition) is 7. The van der Waals surface area contributed by atoms with E-state index in [0.717, 1.165) is 10.6 Å². The van der Waals surface area contributed by atoms with Crippen molar-refractivity contribution in [2.75, 3.05) is 13.8 Å². The molecule has 0 spiro atoms. The van der Waals surface area contributed by atoms with E-state index < -0.39 is 30.6 Å². The molecule has 10 heteroatoms. The molecule has 10 nitrogen and oxygen atoms in total. The molecule has 0 aliphatic rings. The molecule has 1 N–H and O–H groups in total. The third-order valence-corrected chi connectivity index (χ3v) is 3.02. The molecule has 0 amide bonds. The first-order valence-corrected chi connectivity index (χ1v) is 7.75. The molecule has 1 rings (SSSR count). The van der Waals surface area contributed by atoms with Crippen molar-refractivity contribution in [3.63, 3.8) is 0 Å². The van der Waals surface area contributed by atoms with Crippen molar-refractivity contribution < 1.29 is 34.0 Å². The number of likely N-dealkylation sites (N-methyl/N-ethyl adjacent to an activating group) is 1. The van der Waals surface area contributed by atoms with Crippen molar-refractivity contribution >= 4 is 12.1 Å². The lowest BCUT2D eigenvalue weighted by atomic mass is 10.1. The van der Waals surface area contributed by atoms with Gasteiger partial charge in [-0.05, 0) is 26.3 Å². The Kier molecular flexibility index (Phi) is 7.63. The van der Waals surface area contributed by atoms with Crippen LogP contribution in [-0.4, -0.2) is 52.7 Å². The van der Waals surface area contributed by atoms with Crippen LogP contribution in [0.4, 0.5) is 4.79 Å². The summed E-state index contributed by atoms with van der Waals surface area (Å²) in [4.78, 5) is 27.3. The molecule has 1 atom stereocenters. The molecule has 144 valence electrons. The first-order chi connectivity index (χ1) is 12.1. The van der Waals surface area contributed by atoms with E-state index in [9.17, 15) is 19.9 Å². The van der Waals surface area contributed by atoms with Gasteiger partial charge in [-0.25, -0.2) is 9.59 Å². The van der Waals surface area contributed by atoms with Crippen molar-refractivity contribution in [2.45, 2.75) is 38.8 Å². The van der Waals surface area contributed by atoms with Crippen LogP contribution in [-0.2, 0) is 25.5 Å². The summed E-state index contributed by atoms with van der Waals surface area (Å²) in [6.07, 6.45) is -0.888. The minimum atomic E-state index is -1.20. The highest BCUT2D eigenvalue weighted by molar-refractivity contribution is 5.73. The summed E-state index contributed by atoms with van der Waals surface area (Å²) in [6, 6.07) is 7.68. The summed E-state index contributed by atoms with van der Waals surface area (Å²) < 4.78 is 9.44. The third-order valence-electron chi connectivity index (χ3n) is 3.02. The maximum Gasteiger partial charge on any atom is 0.511 e. The number of hydrogen-bond donors (Lipinski definition) is 1. The van der Waals surface area contributed by atoms with Gasteiger partial charge in [-0.3, -0.25) is 0 Å². The normalized spacial score (nSPS) is 12.8. The molecule has 0 saturated carbocycles. The van der Waals surface area contributed by atoms with Gasteiger partial charge in [0.05, 0.1) is 12.0 Å². The summed E-state index contributed by atoms with van der Waals surface area (Å²) >= 11 is 0. The average molecular weight is 369 g/mol. The second-order valence-corrected chi connectivity index (χ2v) is 6.31. The molecular weight excluding hydrogens is 346 g/mol. The smallest absolute Gasteiger partial charge is 0.511 e. The monoisotopic (exact) mass is 369 g/mol. The molecule has 0 unspecified atom stereocenters. The minimum Gasteiger partial charge on any atom is -0.569 e. The quantitative estimate of drug-likeness (QED) is 0.185. The lowest BCUT2D eigenvalue weighted by Crippen LogP contribution is -2.44. The van der Waals surface area contributed by atoms with Crippen molar-refractivity contribution in [3.8, 4) is 0 Å². The third kappa shape index (κ3) is 7.69. The van der Waals surface area contributed by atoms with E-state index in [0.29, 0.717) is 0 Å². The molecule has 0 bridgehead atoms. The number of carbonyl (C=O) groups is 2. The number of benzene rings is 1. The number of ether oxygens (including phenoxy) is 2. The van der Waals surface area contributed by atoms with Gasteiger partial charge < -0.3 is 24.6 Å². The zero-order chi connectivity index (χ0) is 19.7. The fourth-order valence-electron chi connectivity index (χ4n) is 1.82. The van der Waals surface area contributed by atoms with Gasteiger partial charge in [-0.15, -0.1) is 5.01 Å².